The number of nitrogens with zero attached hydrogens (tertiary/aromatic N) is 2. The molecule has 0 radical (unpaired) electrons. The van der Waals surface area contributed by atoms with Gasteiger partial charge in [0.2, 0.25) is 0 Å². The van der Waals surface area contributed by atoms with Crippen molar-refractivity contribution >= 4 is 5.78 Å². The smallest absolute Gasteiger partial charge is 0.140 e. The number of hydrogen-bond acceptors (Lipinski definition) is 2. The molecule has 1 aliphatic heterocycles. The molecule has 1 aromatic rings. The fourth-order valence-electron chi connectivity index (χ4n) is 1.23. The lowest BCUT2D eigenvalue weighted by atomic mass is 10.1. The minimum Gasteiger partial charge on any atom is -0.334 e. The van der Waals surface area contributed by atoms with Crippen LogP contribution < -0.4 is 0 Å². The lowest BCUT2D eigenvalue weighted by molar-refractivity contribution is -0.119. The maximum Gasteiger partial charge on any atom is 0.140 e. The van der Waals surface area contributed by atoms with Gasteiger partial charge in [0.05, 0.1) is 6.33 Å². The molecule has 0 unspecified atom stereocenters. The third-order valence-corrected chi connectivity index (χ3v) is 1.81. The van der Waals surface area contributed by atoms with Gasteiger partial charge in [0.25, 0.3) is 0 Å². The van der Waals surface area contributed by atoms with E-state index in [0.29, 0.717) is 18.6 Å². The Hall–Kier alpha value is -1.12. The first-order valence-corrected chi connectivity index (χ1v) is 3.37. The van der Waals surface area contributed by atoms with Crippen molar-refractivity contribution in [2.45, 2.75) is 19.4 Å². The molecule has 1 aromatic heterocycles. The molecule has 0 aromatic carbocycles. The number of rotatable bonds is 0. The van der Waals surface area contributed by atoms with Crippen LogP contribution in [0.15, 0.2) is 12.5 Å². The van der Waals surface area contributed by atoms with Crippen LogP contribution >= 0.6 is 0 Å². The van der Waals surface area contributed by atoms with Crippen molar-refractivity contribution in [3.8, 4) is 0 Å². The zero-order chi connectivity index (χ0) is 6.97. The number of carbonyl (C=O) groups is 1. The number of Topliss-reactive ketones (excluding diaryl/α,β-unsaturated/α-hetero) is 1. The van der Waals surface area contributed by atoms with E-state index in [0.717, 1.165) is 12.2 Å². The summed E-state index contributed by atoms with van der Waals surface area (Å²) in [4.78, 5) is 14.8. The molecule has 0 saturated heterocycles. The van der Waals surface area contributed by atoms with Gasteiger partial charge in [0.1, 0.15) is 5.78 Å². The Morgan fingerprint density at radius 3 is 3.40 bits per heavy atom. The fraction of sp³-hybridized carbons (Fsp3) is 0.429. The maximum atomic E-state index is 10.9. The summed E-state index contributed by atoms with van der Waals surface area (Å²) >= 11 is 0. The highest BCUT2D eigenvalue weighted by molar-refractivity contribution is 5.81. The molecule has 0 amide bonds. The number of carbonyl (C=O) groups excluding carboxylic acids is 1. The molecule has 1 aliphatic rings. The van der Waals surface area contributed by atoms with Gasteiger partial charge in [-0.15, -0.1) is 0 Å². The van der Waals surface area contributed by atoms with E-state index in [2.05, 4.69) is 4.98 Å². The van der Waals surface area contributed by atoms with E-state index < -0.39 is 0 Å². The Labute approximate surface area is 58.7 Å². The first-order chi connectivity index (χ1) is 4.86. The molecule has 2 heterocycles. The minimum atomic E-state index is 0.327. The first kappa shape index (κ1) is 5.65. The second kappa shape index (κ2) is 1.94. The van der Waals surface area contributed by atoms with Crippen LogP contribution in [0.2, 0.25) is 0 Å². The topological polar surface area (TPSA) is 34.9 Å². The Morgan fingerprint density at radius 1 is 1.60 bits per heavy atom. The van der Waals surface area contributed by atoms with E-state index in [1.54, 1.807) is 12.5 Å². The van der Waals surface area contributed by atoms with Gasteiger partial charge in [0.15, 0.2) is 0 Å². The average molecular weight is 136 g/mol. The van der Waals surface area contributed by atoms with E-state index in [1.807, 2.05) is 4.57 Å². The van der Waals surface area contributed by atoms with E-state index in [-0.39, 0.29) is 0 Å². The molecule has 3 nitrogen and oxygen atoms in total. The van der Waals surface area contributed by atoms with Crippen molar-refractivity contribution in [3.05, 3.63) is 18.2 Å². The molecule has 0 atom stereocenters. The van der Waals surface area contributed by atoms with Crippen LogP contribution in [0.3, 0.4) is 0 Å². The molecule has 0 bridgehead atoms. The number of hydrogen-bond donors (Lipinski definition) is 0. The van der Waals surface area contributed by atoms with E-state index in [4.69, 9.17) is 0 Å². The van der Waals surface area contributed by atoms with Gasteiger partial charge in [-0.25, -0.2) is 4.98 Å². The minimum absolute atomic E-state index is 0.327. The highest BCUT2D eigenvalue weighted by Crippen LogP contribution is 2.09. The van der Waals surface area contributed by atoms with Crippen molar-refractivity contribution in [1.82, 2.24) is 9.55 Å². The van der Waals surface area contributed by atoms with Crippen molar-refractivity contribution in [3.63, 3.8) is 0 Å². The van der Waals surface area contributed by atoms with E-state index in [9.17, 15) is 4.79 Å². The molecule has 2 rings (SSSR count). The van der Waals surface area contributed by atoms with Crippen molar-refractivity contribution in [2.24, 2.45) is 0 Å². The highest BCUT2D eigenvalue weighted by atomic mass is 16.1. The predicted octanol–water partition coefficient (Wildman–Crippen LogP) is 0.398. The van der Waals surface area contributed by atoms with Gasteiger partial charge in [-0.3, -0.25) is 4.79 Å². The SMILES string of the molecule is O=C1CCn2cncc2C1. The molecular formula is C7H8N2O. The molecule has 52 valence electrons. The van der Waals surface area contributed by atoms with Gasteiger partial charge >= 0.3 is 0 Å². The second-order valence-corrected chi connectivity index (χ2v) is 2.54. The number of aryl methyl sites for hydroxylation is 1. The van der Waals surface area contributed by atoms with Gasteiger partial charge in [0, 0.05) is 31.3 Å². The van der Waals surface area contributed by atoms with Crippen LogP contribution in [0.25, 0.3) is 0 Å². The Morgan fingerprint density at radius 2 is 2.50 bits per heavy atom. The molecule has 0 N–H and O–H groups in total. The van der Waals surface area contributed by atoms with Crippen LogP contribution in [0.4, 0.5) is 0 Å². The summed E-state index contributed by atoms with van der Waals surface area (Å²) in [6.07, 6.45) is 4.78. The lowest BCUT2D eigenvalue weighted by Crippen LogP contribution is -2.17. The summed E-state index contributed by atoms with van der Waals surface area (Å²) in [5.41, 5.74) is 1.05. The zero-order valence-electron chi connectivity index (χ0n) is 5.58. The Kier molecular flexibility index (Phi) is 1.09. The number of fused-ring (bicyclic) bond motifs is 1. The summed E-state index contributed by atoms with van der Waals surface area (Å²) < 4.78 is 2.03. The maximum absolute atomic E-state index is 10.9. The summed E-state index contributed by atoms with van der Waals surface area (Å²) in [7, 11) is 0. The summed E-state index contributed by atoms with van der Waals surface area (Å²) in [6, 6.07) is 0. The number of aromatic nitrogens is 2. The fourth-order valence-corrected chi connectivity index (χ4v) is 1.23. The van der Waals surface area contributed by atoms with E-state index >= 15 is 0 Å². The molecule has 0 saturated carbocycles. The average Bonchev–Trinajstić information content (AvgIpc) is 2.33. The first-order valence-electron chi connectivity index (χ1n) is 3.37. The van der Waals surface area contributed by atoms with E-state index in [1.165, 1.54) is 0 Å². The third kappa shape index (κ3) is 0.744. The van der Waals surface area contributed by atoms with Crippen LogP contribution in [-0.2, 0) is 17.8 Å². The highest BCUT2D eigenvalue weighted by Gasteiger charge is 2.13. The van der Waals surface area contributed by atoms with Gasteiger partial charge < -0.3 is 4.57 Å². The van der Waals surface area contributed by atoms with Crippen LogP contribution in [0, 0.1) is 0 Å². The molecule has 0 fully saturated rings. The van der Waals surface area contributed by atoms with Crippen LogP contribution in [0.5, 0.6) is 0 Å². The molecule has 0 spiro atoms. The molecule has 3 heteroatoms. The monoisotopic (exact) mass is 136 g/mol. The van der Waals surface area contributed by atoms with Crippen molar-refractivity contribution in [2.75, 3.05) is 0 Å². The Bertz CT molecular complexity index is 264. The third-order valence-electron chi connectivity index (χ3n) is 1.81. The van der Waals surface area contributed by atoms with Crippen LogP contribution in [0.1, 0.15) is 12.1 Å². The number of imidazole rings is 1. The Balaban J connectivity index is 2.39. The lowest BCUT2D eigenvalue weighted by Gasteiger charge is -2.11. The predicted molar refractivity (Wildman–Crippen MR) is 35.6 cm³/mol. The van der Waals surface area contributed by atoms with Gasteiger partial charge in [-0.1, -0.05) is 0 Å². The van der Waals surface area contributed by atoms with Gasteiger partial charge in [-0.05, 0) is 0 Å². The molecular weight excluding hydrogens is 128 g/mol. The van der Waals surface area contributed by atoms with Crippen molar-refractivity contribution < 1.29 is 4.79 Å². The van der Waals surface area contributed by atoms with Crippen LogP contribution in [-0.4, -0.2) is 15.3 Å². The second-order valence-electron chi connectivity index (χ2n) is 2.54. The summed E-state index contributed by atoms with van der Waals surface area (Å²) in [5, 5.41) is 0. The number of ketones is 1. The zero-order valence-corrected chi connectivity index (χ0v) is 5.58. The van der Waals surface area contributed by atoms with Gasteiger partial charge in [-0.2, -0.15) is 0 Å². The summed E-state index contributed by atoms with van der Waals surface area (Å²) in [5.74, 6) is 0.327. The van der Waals surface area contributed by atoms with Crippen molar-refractivity contribution in [1.29, 1.82) is 0 Å². The largest absolute Gasteiger partial charge is 0.334 e. The standard InChI is InChI=1S/C7H8N2O/c10-7-1-2-9-5-8-4-6(9)3-7/h4-5H,1-3H2. The quantitative estimate of drug-likeness (QED) is 0.517. The molecule has 10 heavy (non-hydrogen) atoms. The summed E-state index contributed by atoms with van der Waals surface area (Å²) in [6.45, 7) is 0.814. The normalized spacial score (nSPS) is 17.0. The molecule has 0 aliphatic carbocycles.